The van der Waals surface area contributed by atoms with Gasteiger partial charge in [0, 0.05) is 96.1 Å². The Bertz CT molecular complexity index is 3160. The number of anilines is 1. The molecule has 0 radical (unpaired) electrons. The number of hydrogen-bond donors (Lipinski definition) is 9. The SMILES string of the molecule is CC[C@H](C)[C@@H]([C@@H](CC(=O)N1CCC[C@H]1[C@H](CO)[C@@H](C)C(=O)C[C@H](C)[C@@H](O)c1ccccc1)OC)N(C)C(=O)[C@@H](CC(=O)[C@H](C(C)C)N(C)C(=O)OCc1ccc(O[C@@H]2O[C@H](C(=O)O)[C@@H](O)[C@H](O)[C@H]2O)c(NC(=O)CCNC(=O)[C@H](CNC(=O)OC(C)(C)C)N2C(=O)C=CC2=O)c1)C(C)C. The van der Waals surface area contributed by atoms with Crippen molar-refractivity contribution in [2.24, 2.45) is 41.4 Å². The molecule has 0 aromatic heterocycles. The molecule has 0 bridgehead atoms. The second-order valence-electron chi connectivity index (χ2n) is 27.7. The second-order valence-corrected chi connectivity index (χ2v) is 27.7. The van der Waals surface area contributed by atoms with Gasteiger partial charge in [-0.3, -0.25) is 43.3 Å². The van der Waals surface area contributed by atoms with Crippen LogP contribution in [0.1, 0.15) is 138 Å². The van der Waals surface area contributed by atoms with Crippen molar-refractivity contribution in [2.45, 2.75) is 200 Å². The molecule has 3 aliphatic heterocycles. The van der Waals surface area contributed by atoms with E-state index in [4.69, 9.17) is 23.7 Å². The van der Waals surface area contributed by atoms with Gasteiger partial charge in [0.1, 0.15) is 48.1 Å². The van der Waals surface area contributed by atoms with Crippen LogP contribution in [0.5, 0.6) is 5.75 Å². The van der Waals surface area contributed by atoms with Crippen LogP contribution in [0.3, 0.4) is 0 Å². The number of imide groups is 1. The number of carboxylic acids is 1. The number of nitrogens with zero attached hydrogens (tertiary/aromatic N) is 4. The van der Waals surface area contributed by atoms with E-state index in [9.17, 15) is 83.4 Å². The van der Waals surface area contributed by atoms with E-state index < -0.39 is 188 Å². The lowest BCUT2D eigenvalue weighted by Crippen LogP contribution is -2.61. The largest absolute Gasteiger partial charge is 0.479 e. The molecular formula is C70H103N7O22. The number of aliphatic hydroxyl groups excluding tert-OH is 5. The molecule has 9 N–H and O–H groups in total. The highest BCUT2D eigenvalue weighted by molar-refractivity contribution is 6.15. The van der Waals surface area contributed by atoms with Gasteiger partial charge in [0.2, 0.25) is 29.9 Å². The lowest BCUT2D eigenvalue weighted by Gasteiger charge is -2.41. The first-order chi connectivity index (χ1) is 46.5. The van der Waals surface area contributed by atoms with E-state index in [-0.39, 0.29) is 60.5 Å². The number of amides is 8. The lowest BCUT2D eigenvalue weighted by molar-refractivity contribution is -0.271. The average molecular weight is 1390 g/mol. The fourth-order valence-electron chi connectivity index (χ4n) is 12.9. The number of rotatable bonds is 35. The number of likely N-dealkylation sites (tertiary alicyclic amines) is 1. The van der Waals surface area contributed by atoms with Crippen LogP contribution >= 0.6 is 0 Å². The van der Waals surface area contributed by atoms with E-state index in [1.165, 1.54) is 32.4 Å². The van der Waals surface area contributed by atoms with Crippen molar-refractivity contribution in [3.05, 3.63) is 71.8 Å². The fourth-order valence-corrected chi connectivity index (χ4v) is 12.9. The number of likely N-dealkylation sites (N-methyl/N-ethyl adjacent to an activating group) is 2. The zero-order chi connectivity index (χ0) is 74.1. The summed E-state index contributed by atoms with van der Waals surface area (Å²) >= 11 is 0. The fraction of sp³-hybridized carbons (Fsp3) is 0.643. The van der Waals surface area contributed by atoms with Gasteiger partial charge in [-0.2, -0.15) is 0 Å². The van der Waals surface area contributed by atoms with Gasteiger partial charge in [-0.05, 0) is 80.5 Å². The maximum absolute atomic E-state index is 15.0. The standard InChI is InChI=1S/C70H103N7O22/c1-15-39(6)58(52(95-14)33-56(84)76-29-19-22-47(76)45(35-78)41(8)49(79)30-40(7)59(85)43-20-17-16-18-21-43)74(12)65(90)44(37(2)3)32-50(80)57(38(4)5)75(13)69(94)96-36-42-23-24-51(97-67-62(88)60(86)61(87)63(98-67)66(91)92)46(31-42)73-53(81)27-28-71-64(89)48(77-54(82)25-26-55(77)83)34-72-68(93)99-70(9,10)11/h16-18,20-21,23-26,31,37-41,44-45,47-48,52,57-63,67,78,85-88H,15,19,22,27-30,32-36H2,1-14H3,(H,71,89)(H,72,93)(H,73,81)(H,91,92)/t39-,40-,41+,44-,45+,47-,48-,52+,57-,58-,59+,60-,61-,62+,63-,67+/m0/s1. The summed E-state index contributed by atoms with van der Waals surface area (Å²) < 4.78 is 28.2. The number of carbonyl (C=O) groups excluding carboxylic acids is 10. The number of alkyl carbamates (subject to hydrolysis) is 1. The van der Waals surface area contributed by atoms with Crippen LogP contribution in [-0.4, -0.2) is 229 Å². The summed E-state index contributed by atoms with van der Waals surface area (Å²) in [4.78, 5) is 154. The summed E-state index contributed by atoms with van der Waals surface area (Å²) in [5, 5.41) is 70.6. The molecule has 16 atom stereocenters. The minimum absolute atomic E-state index is 0.0661. The maximum atomic E-state index is 15.0. The number of aliphatic carboxylic acids is 1. The van der Waals surface area contributed by atoms with Gasteiger partial charge in [-0.1, -0.05) is 98.2 Å². The van der Waals surface area contributed by atoms with Crippen LogP contribution in [0.25, 0.3) is 0 Å². The smallest absolute Gasteiger partial charge is 0.410 e. The Labute approximate surface area is 578 Å². The number of ketones is 2. The Kier molecular flexibility index (Phi) is 30.5. The number of hydrogen-bond acceptors (Lipinski definition) is 21. The van der Waals surface area contributed by atoms with Gasteiger partial charge in [0.05, 0.1) is 42.9 Å². The molecule has 8 amide bonds. The van der Waals surface area contributed by atoms with E-state index in [0.717, 1.165) is 17.1 Å². The summed E-state index contributed by atoms with van der Waals surface area (Å²) in [5.74, 6) is -10.4. The minimum atomic E-state index is -2.08. The van der Waals surface area contributed by atoms with Gasteiger partial charge >= 0.3 is 18.2 Å². The molecule has 3 aliphatic rings. The Morgan fingerprint density at radius 1 is 0.798 bits per heavy atom. The quantitative estimate of drug-likeness (QED) is 0.0442. The van der Waals surface area contributed by atoms with Gasteiger partial charge in [-0.25, -0.2) is 14.4 Å². The van der Waals surface area contributed by atoms with E-state index in [1.807, 2.05) is 32.0 Å². The Balaban J connectivity index is 1.29. The molecule has 0 spiro atoms. The molecule has 29 heteroatoms. The number of Topliss-reactive ketones (excluding diaryl/α,β-unsaturated/α-hetero) is 2. The van der Waals surface area contributed by atoms with Gasteiger partial charge in [0.15, 0.2) is 11.9 Å². The van der Waals surface area contributed by atoms with Crippen LogP contribution < -0.4 is 20.7 Å². The summed E-state index contributed by atoms with van der Waals surface area (Å²) in [5.41, 5.74) is -0.277. The summed E-state index contributed by atoms with van der Waals surface area (Å²) in [6.07, 6.45) is -11.1. The van der Waals surface area contributed by atoms with Crippen LogP contribution in [0, 0.1) is 41.4 Å². The first-order valence-electron chi connectivity index (χ1n) is 33.7. The molecule has 0 saturated carbocycles. The van der Waals surface area contributed by atoms with E-state index in [0.29, 0.717) is 36.3 Å². The highest BCUT2D eigenvalue weighted by Gasteiger charge is 2.49. The summed E-state index contributed by atoms with van der Waals surface area (Å²) in [6, 6.07) is 9.08. The zero-order valence-corrected chi connectivity index (χ0v) is 59.2. The third-order valence-electron chi connectivity index (χ3n) is 18.7. The molecule has 5 rings (SSSR count). The highest BCUT2D eigenvalue weighted by Crippen LogP contribution is 2.36. The van der Waals surface area contributed by atoms with Crippen molar-refractivity contribution < 1.29 is 107 Å². The normalized spacial score (nSPS) is 21.7. The number of benzene rings is 2. The summed E-state index contributed by atoms with van der Waals surface area (Å²) in [6.45, 7) is 17.8. The molecule has 0 aliphatic carbocycles. The van der Waals surface area contributed by atoms with Crippen molar-refractivity contribution in [3.8, 4) is 5.75 Å². The highest BCUT2D eigenvalue weighted by atomic mass is 16.7. The second kappa shape index (κ2) is 36.9. The molecule has 3 heterocycles. The molecule has 29 nitrogen and oxygen atoms in total. The summed E-state index contributed by atoms with van der Waals surface area (Å²) in [7, 11) is 4.44. The van der Waals surface area contributed by atoms with E-state index in [2.05, 4.69) is 16.0 Å². The van der Waals surface area contributed by atoms with Crippen LogP contribution in [0.15, 0.2) is 60.7 Å². The van der Waals surface area contributed by atoms with Crippen molar-refractivity contribution in [1.82, 2.24) is 30.2 Å². The third-order valence-corrected chi connectivity index (χ3v) is 18.7. The number of aliphatic hydroxyl groups is 5. The average Bonchev–Trinajstić information content (AvgIpc) is 1.71. The number of carbonyl (C=O) groups is 11. The van der Waals surface area contributed by atoms with Crippen molar-refractivity contribution in [3.63, 3.8) is 0 Å². The molecule has 2 aromatic rings. The van der Waals surface area contributed by atoms with E-state index in [1.54, 1.807) is 91.3 Å². The Morgan fingerprint density at radius 3 is 2.02 bits per heavy atom. The molecule has 2 aromatic carbocycles. The first kappa shape index (κ1) is 81.7. The molecule has 2 fully saturated rings. The predicted molar refractivity (Wildman–Crippen MR) is 357 cm³/mol. The molecular weight excluding hydrogens is 1290 g/mol. The lowest BCUT2D eigenvalue weighted by atomic mass is 9.80. The van der Waals surface area contributed by atoms with Crippen LogP contribution in [0.4, 0.5) is 15.3 Å². The van der Waals surface area contributed by atoms with Gasteiger partial charge in [0.25, 0.3) is 11.8 Å². The minimum Gasteiger partial charge on any atom is -0.479 e. The zero-order valence-electron chi connectivity index (χ0n) is 59.2. The molecule has 550 valence electrons. The molecule has 2 saturated heterocycles. The number of methoxy groups -OCH3 is 1. The number of nitrogens with one attached hydrogen (secondary N) is 3. The van der Waals surface area contributed by atoms with E-state index >= 15 is 0 Å². The molecule has 0 unspecified atom stereocenters. The maximum Gasteiger partial charge on any atom is 0.410 e. The molecule has 99 heavy (non-hydrogen) atoms. The Hall–Kier alpha value is -7.93. The third kappa shape index (κ3) is 21.8. The van der Waals surface area contributed by atoms with Crippen molar-refractivity contribution in [1.29, 1.82) is 0 Å². The van der Waals surface area contributed by atoms with Gasteiger partial charge < -0.3 is 85.0 Å². The predicted octanol–water partition coefficient (Wildman–Crippen LogP) is 3.89. The van der Waals surface area contributed by atoms with Crippen molar-refractivity contribution in [2.75, 3.05) is 52.8 Å². The van der Waals surface area contributed by atoms with Crippen LogP contribution in [0.2, 0.25) is 0 Å². The first-order valence-corrected chi connectivity index (χ1v) is 33.7. The van der Waals surface area contributed by atoms with Gasteiger partial charge in [-0.15, -0.1) is 0 Å². The van der Waals surface area contributed by atoms with Crippen molar-refractivity contribution >= 4 is 70.9 Å². The van der Waals surface area contributed by atoms with Crippen LogP contribution in [-0.2, 0) is 68.7 Å². The number of carboxylic acid groups (broad SMARTS) is 1. The Morgan fingerprint density at radius 2 is 1.44 bits per heavy atom. The topological polar surface area (TPSA) is 404 Å². The monoisotopic (exact) mass is 1390 g/mol. The number of ether oxygens (including phenoxy) is 5.